The zero-order valence-corrected chi connectivity index (χ0v) is 15.4. The highest BCUT2D eigenvalue weighted by atomic mass is 35.5. The summed E-state index contributed by atoms with van der Waals surface area (Å²) in [6.45, 7) is 0.0549. The Morgan fingerprint density at radius 2 is 1.89 bits per heavy atom. The lowest BCUT2D eigenvalue weighted by molar-refractivity contribution is 0.191. The zero-order valence-electron chi connectivity index (χ0n) is 14.7. The van der Waals surface area contributed by atoms with Gasteiger partial charge in [0.05, 0.1) is 30.9 Å². The van der Waals surface area contributed by atoms with Crippen molar-refractivity contribution in [1.29, 1.82) is 0 Å². The van der Waals surface area contributed by atoms with E-state index in [2.05, 4.69) is 15.3 Å². The molecule has 1 atom stereocenters. The van der Waals surface area contributed by atoms with Gasteiger partial charge in [-0.25, -0.2) is 9.37 Å². The van der Waals surface area contributed by atoms with Gasteiger partial charge in [-0.1, -0.05) is 17.7 Å². The van der Waals surface area contributed by atoms with Gasteiger partial charge in [-0.15, -0.1) is 0 Å². The van der Waals surface area contributed by atoms with E-state index >= 15 is 0 Å². The zero-order chi connectivity index (χ0) is 19.6. The molecule has 0 saturated carbocycles. The third-order valence-corrected chi connectivity index (χ3v) is 4.32. The summed E-state index contributed by atoms with van der Waals surface area (Å²) in [6.07, 6.45) is -0.984. The Morgan fingerprint density at radius 1 is 1.19 bits per heavy atom. The monoisotopic (exact) mass is 392 g/mol. The number of aromatic nitrogens is 2. The van der Waals surface area contributed by atoms with E-state index in [1.165, 1.54) is 26.4 Å². The van der Waals surface area contributed by atoms with E-state index in [1.54, 1.807) is 18.2 Å². The highest BCUT2D eigenvalue weighted by Crippen LogP contribution is 2.33. The van der Waals surface area contributed by atoms with Crippen molar-refractivity contribution >= 4 is 34.3 Å². The topological polar surface area (TPSA) is 103 Å². The Morgan fingerprint density at radius 3 is 2.56 bits per heavy atom. The number of hydrogen-bond acceptors (Lipinski definition) is 7. The van der Waals surface area contributed by atoms with Crippen LogP contribution in [0.25, 0.3) is 10.9 Å². The second-order valence-corrected chi connectivity index (χ2v) is 6.13. The van der Waals surface area contributed by atoms with E-state index in [4.69, 9.17) is 26.8 Å². The quantitative estimate of drug-likeness (QED) is 0.592. The Hall–Kier alpha value is -2.84. The minimum absolute atomic E-state index is 0.00563. The van der Waals surface area contributed by atoms with E-state index in [-0.39, 0.29) is 23.3 Å². The van der Waals surface area contributed by atoms with Crippen molar-refractivity contribution in [2.75, 3.05) is 31.8 Å². The average molecular weight is 393 g/mol. The van der Waals surface area contributed by atoms with E-state index in [9.17, 15) is 9.50 Å². The van der Waals surface area contributed by atoms with Gasteiger partial charge in [0.2, 0.25) is 5.95 Å². The predicted octanol–water partition coefficient (Wildman–Crippen LogP) is 3.17. The second kappa shape index (κ2) is 7.81. The van der Waals surface area contributed by atoms with E-state index in [1.807, 2.05) is 0 Å². The van der Waals surface area contributed by atoms with Crippen LogP contribution in [0.3, 0.4) is 0 Å². The minimum atomic E-state index is -0.984. The van der Waals surface area contributed by atoms with Crippen LogP contribution in [0, 0.1) is 5.82 Å². The van der Waals surface area contributed by atoms with Crippen molar-refractivity contribution in [3.63, 3.8) is 0 Å². The lowest BCUT2D eigenvalue weighted by Crippen LogP contribution is -2.14. The van der Waals surface area contributed by atoms with Gasteiger partial charge in [0.25, 0.3) is 0 Å². The van der Waals surface area contributed by atoms with Crippen LogP contribution in [-0.2, 0) is 0 Å². The number of hydrogen-bond donors (Lipinski definition) is 3. The number of aliphatic hydroxyl groups excluding tert-OH is 1. The van der Waals surface area contributed by atoms with Gasteiger partial charge >= 0.3 is 0 Å². The number of nitrogens with zero attached hydrogens (tertiary/aromatic N) is 2. The number of aliphatic hydroxyl groups is 1. The molecule has 0 aliphatic rings. The van der Waals surface area contributed by atoms with Crippen molar-refractivity contribution in [3.05, 3.63) is 46.7 Å². The number of anilines is 2. The van der Waals surface area contributed by atoms with E-state index in [0.717, 1.165) is 0 Å². The molecule has 0 aliphatic carbocycles. The third-order valence-electron chi connectivity index (χ3n) is 4.01. The van der Waals surface area contributed by atoms with Crippen molar-refractivity contribution in [2.24, 2.45) is 0 Å². The number of ether oxygens (including phenoxy) is 2. The number of nitrogens with two attached hydrogens (primary N) is 1. The highest BCUT2D eigenvalue weighted by Gasteiger charge is 2.14. The molecule has 1 heterocycles. The largest absolute Gasteiger partial charge is 0.493 e. The maximum Gasteiger partial charge on any atom is 0.225 e. The first-order valence-corrected chi connectivity index (χ1v) is 8.37. The number of benzene rings is 2. The number of halogens is 2. The summed E-state index contributed by atoms with van der Waals surface area (Å²) in [4.78, 5) is 8.56. The van der Waals surface area contributed by atoms with Crippen molar-refractivity contribution in [3.8, 4) is 11.5 Å². The predicted molar refractivity (Wildman–Crippen MR) is 102 cm³/mol. The Bertz CT molecular complexity index is 986. The van der Waals surface area contributed by atoms with Gasteiger partial charge < -0.3 is 25.6 Å². The number of nitrogens with one attached hydrogen (secondary N) is 1. The first-order chi connectivity index (χ1) is 12.9. The lowest BCUT2D eigenvalue weighted by Gasteiger charge is -2.14. The van der Waals surface area contributed by atoms with Crippen molar-refractivity contribution in [2.45, 2.75) is 6.10 Å². The molecule has 27 heavy (non-hydrogen) atoms. The standard InChI is InChI=1S/C18H18ClFN4O3/c1-26-15-6-10-13(7-16(15)27-2)23-18(24-17(10)21)22-8-14(25)9-3-4-11(19)12(20)5-9/h3-7,14,25H,8H2,1-2H3,(H3,21,22,23,24). The van der Waals surface area contributed by atoms with Crippen LogP contribution in [-0.4, -0.2) is 35.8 Å². The molecule has 1 aromatic heterocycles. The normalized spacial score (nSPS) is 12.0. The maximum absolute atomic E-state index is 13.5. The summed E-state index contributed by atoms with van der Waals surface area (Å²) in [5.74, 6) is 0.892. The molecule has 0 amide bonds. The van der Waals surface area contributed by atoms with Crippen LogP contribution < -0.4 is 20.5 Å². The molecule has 3 rings (SSSR count). The molecule has 1 unspecified atom stereocenters. The molecular weight excluding hydrogens is 375 g/mol. The van der Waals surface area contributed by atoms with Gasteiger partial charge in [0, 0.05) is 18.0 Å². The minimum Gasteiger partial charge on any atom is -0.493 e. The first kappa shape index (κ1) is 18.9. The van der Waals surface area contributed by atoms with Gasteiger partial charge in [0.1, 0.15) is 11.6 Å². The summed E-state index contributed by atoms with van der Waals surface area (Å²) in [6, 6.07) is 7.49. The summed E-state index contributed by atoms with van der Waals surface area (Å²) in [5.41, 5.74) is 6.94. The summed E-state index contributed by atoms with van der Waals surface area (Å²) < 4.78 is 24.1. The number of methoxy groups -OCH3 is 2. The fourth-order valence-electron chi connectivity index (χ4n) is 2.58. The number of nitrogen functional groups attached to an aromatic ring is 1. The summed E-state index contributed by atoms with van der Waals surface area (Å²) >= 11 is 5.65. The van der Waals surface area contributed by atoms with Crippen LogP contribution in [0.5, 0.6) is 11.5 Å². The van der Waals surface area contributed by atoms with Crippen LogP contribution >= 0.6 is 11.6 Å². The van der Waals surface area contributed by atoms with Gasteiger partial charge in [-0.3, -0.25) is 0 Å². The average Bonchev–Trinajstić information content (AvgIpc) is 2.67. The maximum atomic E-state index is 13.5. The Balaban J connectivity index is 1.83. The van der Waals surface area contributed by atoms with Gasteiger partial charge in [-0.05, 0) is 23.8 Å². The molecular formula is C18H18ClFN4O3. The molecule has 2 aromatic carbocycles. The van der Waals surface area contributed by atoms with Crippen molar-refractivity contribution in [1.82, 2.24) is 9.97 Å². The summed E-state index contributed by atoms with van der Waals surface area (Å²) in [7, 11) is 3.05. The van der Waals surface area contributed by atoms with E-state index < -0.39 is 11.9 Å². The Labute approximate surface area is 159 Å². The Kier molecular flexibility index (Phi) is 5.48. The lowest BCUT2D eigenvalue weighted by atomic mass is 10.1. The number of rotatable bonds is 6. The third kappa shape index (κ3) is 3.96. The van der Waals surface area contributed by atoms with Gasteiger partial charge in [0.15, 0.2) is 11.5 Å². The molecule has 3 aromatic rings. The number of fused-ring (bicyclic) bond motifs is 1. The molecule has 9 heteroatoms. The summed E-state index contributed by atoms with van der Waals surface area (Å²) in [5, 5.41) is 13.7. The molecule has 4 N–H and O–H groups in total. The molecule has 0 radical (unpaired) electrons. The van der Waals surface area contributed by atoms with Crippen LogP contribution in [0.2, 0.25) is 5.02 Å². The van der Waals surface area contributed by atoms with Gasteiger partial charge in [-0.2, -0.15) is 4.98 Å². The SMILES string of the molecule is COc1cc2nc(NCC(O)c3ccc(Cl)c(F)c3)nc(N)c2cc1OC. The smallest absolute Gasteiger partial charge is 0.225 e. The highest BCUT2D eigenvalue weighted by molar-refractivity contribution is 6.30. The molecule has 142 valence electrons. The van der Waals surface area contributed by atoms with Crippen LogP contribution in [0.15, 0.2) is 30.3 Å². The molecule has 0 spiro atoms. The second-order valence-electron chi connectivity index (χ2n) is 5.73. The first-order valence-electron chi connectivity index (χ1n) is 7.99. The molecule has 7 nitrogen and oxygen atoms in total. The molecule has 0 bridgehead atoms. The van der Waals surface area contributed by atoms with Crippen LogP contribution in [0.1, 0.15) is 11.7 Å². The fraction of sp³-hybridized carbons (Fsp3) is 0.222. The molecule has 0 saturated heterocycles. The van der Waals surface area contributed by atoms with Crippen molar-refractivity contribution < 1.29 is 19.0 Å². The molecule has 0 fully saturated rings. The molecule has 0 aliphatic heterocycles. The van der Waals surface area contributed by atoms with Crippen LogP contribution in [0.4, 0.5) is 16.2 Å². The van der Waals surface area contributed by atoms with E-state index in [0.29, 0.717) is 28.0 Å². The fourth-order valence-corrected chi connectivity index (χ4v) is 2.70.